The van der Waals surface area contributed by atoms with Gasteiger partial charge in [-0.05, 0) is 61.9 Å². The molecule has 0 spiro atoms. The van der Waals surface area contributed by atoms with E-state index in [1.54, 1.807) is 41.3 Å². The van der Waals surface area contributed by atoms with E-state index in [-0.39, 0.29) is 23.3 Å². The smallest absolute Gasteiger partial charge is 0.264 e. The molecule has 0 radical (unpaired) electrons. The van der Waals surface area contributed by atoms with Crippen LogP contribution in [-0.2, 0) is 26.0 Å². The SMILES string of the molecule is CC[C@H](C(=O)NCC(C)C)N(CCc1ccccc1)C(=O)CN(c1ccccc1C)S(=O)(=O)c1ccc(C)cc1. The molecule has 0 aliphatic heterocycles. The molecule has 0 heterocycles. The number of benzene rings is 3. The van der Waals surface area contributed by atoms with Crippen molar-refractivity contribution in [3.05, 3.63) is 95.6 Å². The maximum absolute atomic E-state index is 14.1. The number of aryl methyl sites for hydroxylation is 2. The molecule has 3 aromatic carbocycles. The lowest BCUT2D eigenvalue weighted by atomic mass is 10.1. The summed E-state index contributed by atoms with van der Waals surface area (Å²) in [5.41, 5.74) is 3.11. The van der Waals surface area contributed by atoms with Crippen molar-refractivity contribution in [1.82, 2.24) is 10.2 Å². The molecule has 0 unspecified atom stereocenters. The lowest BCUT2D eigenvalue weighted by Crippen LogP contribution is -2.53. The minimum Gasteiger partial charge on any atom is -0.354 e. The maximum Gasteiger partial charge on any atom is 0.264 e. The van der Waals surface area contributed by atoms with Crippen molar-refractivity contribution in [2.75, 3.05) is 23.9 Å². The summed E-state index contributed by atoms with van der Waals surface area (Å²) in [4.78, 5) is 29.0. The Kier molecular flexibility index (Phi) is 10.9. The summed E-state index contributed by atoms with van der Waals surface area (Å²) in [6.07, 6.45) is 0.940. The highest BCUT2D eigenvalue weighted by Gasteiger charge is 2.33. The van der Waals surface area contributed by atoms with Crippen LogP contribution in [0.4, 0.5) is 5.69 Å². The van der Waals surface area contributed by atoms with E-state index in [1.165, 1.54) is 4.31 Å². The van der Waals surface area contributed by atoms with Crippen molar-refractivity contribution < 1.29 is 18.0 Å². The first-order chi connectivity index (χ1) is 19.0. The van der Waals surface area contributed by atoms with Gasteiger partial charge in [-0.2, -0.15) is 0 Å². The molecule has 0 fully saturated rings. The molecule has 40 heavy (non-hydrogen) atoms. The van der Waals surface area contributed by atoms with Gasteiger partial charge in [-0.15, -0.1) is 0 Å². The van der Waals surface area contributed by atoms with Gasteiger partial charge in [0.1, 0.15) is 12.6 Å². The normalized spacial score (nSPS) is 12.2. The van der Waals surface area contributed by atoms with Crippen molar-refractivity contribution in [3.63, 3.8) is 0 Å². The Labute approximate surface area is 239 Å². The van der Waals surface area contributed by atoms with Gasteiger partial charge < -0.3 is 10.2 Å². The molecular weight excluding hydrogens is 522 g/mol. The van der Waals surface area contributed by atoms with E-state index in [2.05, 4.69) is 5.32 Å². The van der Waals surface area contributed by atoms with Crippen molar-refractivity contribution in [2.24, 2.45) is 5.92 Å². The summed E-state index contributed by atoms with van der Waals surface area (Å²) in [7, 11) is -4.08. The average molecular weight is 564 g/mol. The maximum atomic E-state index is 14.1. The van der Waals surface area contributed by atoms with Gasteiger partial charge in [0, 0.05) is 13.1 Å². The second kappa shape index (κ2) is 14.1. The predicted molar refractivity (Wildman–Crippen MR) is 161 cm³/mol. The zero-order valence-electron chi connectivity index (χ0n) is 24.1. The van der Waals surface area contributed by atoms with Gasteiger partial charge in [0.15, 0.2) is 0 Å². The third-order valence-electron chi connectivity index (χ3n) is 6.83. The number of nitrogens with zero attached hydrogens (tertiary/aromatic N) is 2. The van der Waals surface area contributed by atoms with E-state index in [0.717, 1.165) is 16.7 Å². The van der Waals surface area contributed by atoms with Crippen LogP contribution in [0.3, 0.4) is 0 Å². The fraction of sp³-hybridized carbons (Fsp3) is 0.375. The number of rotatable bonds is 13. The van der Waals surface area contributed by atoms with E-state index in [4.69, 9.17) is 0 Å². The highest BCUT2D eigenvalue weighted by Crippen LogP contribution is 2.27. The van der Waals surface area contributed by atoms with Gasteiger partial charge in [0.05, 0.1) is 10.6 Å². The fourth-order valence-corrected chi connectivity index (χ4v) is 5.99. The van der Waals surface area contributed by atoms with E-state index >= 15 is 0 Å². The zero-order valence-corrected chi connectivity index (χ0v) is 24.9. The van der Waals surface area contributed by atoms with Crippen LogP contribution in [0, 0.1) is 19.8 Å². The minimum absolute atomic E-state index is 0.103. The quantitative estimate of drug-likeness (QED) is 0.313. The highest BCUT2D eigenvalue weighted by atomic mass is 32.2. The molecule has 0 bridgehead atoms. The molecular formula is C32H41N3O4S. The third kappa shape index (κ3) is 7.94. The first-order valence-corrected chi connectivity index (χ1v) is 15.2. The van der Waals surface area contributed by atoms with E-state index in [1.807, 2.05) is 77.1 Å². The molecule has 0 aliphatic rings. The summed E-state index contributed by atoms with van der Waals surface area (Å²) < 4.78 is 29.1. The summed E-state index contributed by atoms with van der Waals surface area (Å²) in [5, 5.41) is 2.96. The lowest BCUT2D eigenvalue weighted by Gasteiger charge is -2.33. The molecule has 3 rings (SSSR count). The van der Waals surface area contributed by atoms with Crippen LogP contribution in [0.1, 0.15) is 43.9 Å². The minimum atomic E-state index is -4.08. The average Bonchev–Trinajstić information content (AvgIpc) is 2.93. The number of nitrogens with one attached hydrogen (secondary N) is 1. The van der Waals surface area contributed by atoms with Crippen LogP contribution in [-0.4, -0.2) is 50.8 Å². The number of carbonyl (C=O) groups is 2. The molecule has 0 aromatic heterocycles. The molecule has 1 atom stereocenters. The van der Waals surface area contributed by atoms with E-state index in [9.17, 15) is 18.0 Å². The molecule has 3 aromatic rings. The number of amides is 2. The number of hydrogen-bond acceptors (Lipinski definition) is 4. The number of para-hydroxylation sites is 1. The molecule has 2 amide bonds. The van der Waals surface area contributed by atoms with Crippen molar-refractivity contribution in [1.29, 1.82) is 0 Å². The van der Waals surface area contributed by atoms with Crippen LogP contribution in [0.15, 0.2) is 83.8 Å². The first kappa shape index (κ1) is 30.9. The van der Waals surface area contributed by atoms with Crippen LogP contribution in [0.2, 0.25) is 0 Å². The van der Waals surface area contributed by atoms with Crippen molar-refractivity contribution in [2.45, 2.75) is 58.4 Å². The Balaban J connectivity index is 2.00. The Morgan fingerprint density at radius 3 is 2.10 bits per heavy atom. The second-order valence-electron chi connectivity index (χ2n) is 10.5. The third-order valence-corrected chi connectivity index (χ3v) is 8.60. The van der Waals surface area contributed by atoms with Gasteiger partial charge in [0.25, 0.3) is 10.0 Å². The van der Waals surface area contributed by atoms with Gasteiger partial charge >= 0.3 is 0 Å². The van der Waals surface area contributed by atoms with E-state index in [0.29, 0.717) is 25.1 Å². The summed E-state index contributed by atoms with van der Waals surface area (Å²) in [5.74, 6) is -0.408. The Morgan fingerprint density at radius 1 is 0.875 bits per heavy atom. The van der Waals surface area contributed by atoms with Crippen LogP contribution in [0.5, 0.6) is 0 Å². The molecule has 0 aliphatic carbocycles. The Hall–Kier alpha value is -3.65. The van der Waals surface area contributed by atoms with Crippen molar-refractivity contribution >= 4 is 27.5 Å². The molecule has 1 N–H and O–H groups in total. The van der Waals surface area contributed by atoms with Gasteiger partial charge in [-0.3, -0.25) is 13.9 Å². The monoisotopic (exact) mass is 563 g/mol. The molecule has 8 heteroatoms. The molecule has 214 valence electrons. The number of anilines is 1. The van der Waals surface area contributed by atoms with Gasteiger partial charge in [-0.1, -0.05) is 87.0 Å². The van der Waals surface area contributed by atoms with Gasteiger partial charge in [-0.25, -0.2) is 8.42 Å². The standard InChI is InChI=1S/C32H41N3O4S/c1-6-29(32(37)33-22-24(2)3)34(21-20-27-13-8-7-9-14-27)31(36)23-35(30-15-11-10-12-26(30)5)40(38,39)28-18-16-25(4)17-19-28/h7-19,24,29H,6,20-23H2,1-5H3,(H,33,37)/t29-/m1/s1. The summed E-state index contributed by atoms with van der Waals surface area (Å²) in [6.45, 7) is 9.94. The predicted octanol–water partition coefficient (Wildman–Crippen LogP) is 5.12. The largest absolute Gasteiger partial charge is 0.354 e. The summed E-state index contributed by atoms with van der Waals surface area (Å²) >= 11 is 0. The van der Waals surface area contributed by atoms with E-state index < -0.39 is 28.5 Å². The van der Waals surface area contributed by atoms with Crippen LogP contribution >= 0.6 is 0 Å². The summed E-state index contributed by atoms with van der Waals surface area (Å²) in [6, 6.07) is 22.7. The number of hydrogen-bond donors (Lipinski definition) is 1. The fourth-order valence-electron chi connectivity index (χ4n) is 4.51. The topological polar surface area (TPSA) is 86.8 Å². The number of carbonyl (C=O) groups excluding carboxylic acids is 2. The Morgan fingerprint density at radius 2 is 1.50 bits per heavy atom. The second-order valence-corrected chi connectivity index (χ2v) is 12.4. The first-order valence-electron chi connectivity index (χ1n) is 13.8. The lowest BCUT2D eigenvalue weighted by molar-refractivity contribution is -0.139. The zero-order chi connectivity index (χ0) is 29.3. The highest BCUT2D eigenvalue weighted by molar-refractivity contribution is 7.92. The van der Waals surface area contributed by atoms with Gasteiger partial charge in [0.2, 0.25) is 11.8 Å². The molecule has 0 saturated heterocycles. The molecule has 7 nitrogen and oxygen atoms in total. The van der Waals surface area contributed by atoms with Crippen LogP contribution < -0.4 is 9.62 Å². The molecule has 0 saturated carbocycles. The number of sulfonamides is 1. The Bertz CT molecular complexity index is 1370. The van der Waals surface area contributed by atoms with Crippen LogP contribution in [0.25, 0.3) is 0 Å². The van der Waals surface area contributed by atoms with Crippen molar-refractivity contribution in [3.8, 4) is 0 Å².